The Bertz CT molecular complexity index is 553. The quantitative estimate of drug-likeness (QED) is 0.840. The number of methoxy groups -OCH3 is 1. The van der Waals surface area contributed by atoms with Gasteiger partial charge in [-0.25, -0.2) is 0 Å². The molecular weight excluding hydrogens is 278 g/mol. The molecule has 1 amide bonds. The summed E-state index contributed by atoms with van der Waals surface area (Å²) in [6.45, 7) is 0.395. The van der Waals surface area contributed by atoms with Crippen LogP contribution in [0, 0.1) is 0 Å². The van der Waals surface area contributed by atoms with E-state index in [9.17, 15) is 9.90 Å². The monoisotopic (exact) mass is 295 g/mol. The molecule has 2 rings (SSSR count). The minimum Gasteiger partial charge on any atom is -0.389 e. The minimum atomic E-state index is -0.704. The number of thiophene rings is 1. The van der Waals surface area contributed by atoms with E-state index in [-0.39, 0.29) is 19.1 Å². The predicted octanol–water partition coefficient (Wildman–Crippen LogP) is 1.22. The standard InChI is InChI=1S/C13H17N3O3S/c1-16(7-9(17)8-19-2)13(18)11-6-10(14-15-11)12-4-3-5-20-12/h3-6,9,17H,7-8H2,1-2H3,(H,14,15). The van der Waals surface area contributed by atoms with E-state index in [0.717, 1.165) is 10.6 Å². The molecule has 6 nitrogen and oxygen atoms in total. The highest BCUT2D eigenvalue weighted by atomic mass is 32.1. The van der Waals surface area contributed by atoms with Gasteiger partial charge in [-0.1, -0.05) is 6.07 Å². The fourth-order valence-corrected chi connectivity index (χ4v) is 2.52. The number of aromatic nitrogens is 2. The van der Waals surface area contributed by atoms with Gasteiger partial charge in [0.1, 0.15) is 0 Å². The van der Waals surface area contributed by atoms with E-state index in [1.807, 2.05) is 17.5 Å². The van der Waals surface area contributed by atoms with Crippen molar-refractivity contribution in [2.24, 2.45) is 0 Å². The number of hydrogen-bond donors (Lipinski definition) is 2. The van der Waals surface area contributed by atoms with E-state index < -0.39 is 6.10 Å². The molecule has 0 radical (unpaired) electrons. The van der Waals surface area contributed by atoms with Crippen LogP contribution in [0.4, 0.5) is 0 Å². The molecule has 0 bridgehead atoms. The van der Waals surface area contributed by atoms with Crippen LogP contribution < -0.4 is 0 Å². The number of ether oxygens (including phenoxy) is 1. The molecule has 0 saturated carbocycles. The van der Waals surface area contributed by atoms with Crippen molar-refractivity contribution in [3.05, 3.63) is 29.3 Å². The van der Waals surface area contributed by atoms with Crippen LogP contribution in [0.2, 0.25) is 0 Å². The number of nitrogens with zero attached hydrogens (tertiary/aromatic N) is 2. The lowest BCUT2D eigenvalue weighted by molar-refractivity contribution is 0.0378. The molecule has 0 fully saturated rings. The van der Waals surface area contributed by atoms with E-state index >= 15 is 0 Å². The first-order valence-corrected chi connectivity index (χ1v) is 7.01. The van der Waals surface area contributed by atoms with Gasteiger partial charge in [-0.3, -0.25) is 9.89 Å². The van der Waals surface area contributed by atoms with Crippen molar-refractivity contribution in [3.8, 4) is 10.6 Å². The molecule has 0 saturated heterocycles. The second-order valence-corrected chi connectivity index (χ2v) is 5.39. The smallest absolute Gasteiger partial charge is 0.274 e. The number of aliphatic hydroxyl groups is 1. The molecule has 20 heavy (non-hydrogen) atoms. The third-order valence-corrected chi connectivity index (χ3v) is 3.68. The predicted molar refractivity (Wildman–Crippen MR) is 76.7 cm³/mol. The SMILES string of the molecule is COCC(O)CN(C)C(=O)c1cc(-c2cccs2)[nH]n1. The number of carbonyl (C=O) groups excluding carboxylic acids is 1. The maximum atomic E-state index is 12.2. The molecule has 2 aromatic heterocycles. The molecular formula is C13H17N3O3S. The number of rotatable bonds is 6. The van der Waals surface area contributed by atoms with Crippen molar-refractivity contribution in [1.29, 1.82) is 0 Å². The molecule has 2 N–H and O–H groups in total. The first-order chi connectivity index (χ1) is 9.61. The van der Waals surface area contributed by atoms with Crippen LogP contribution in [0.1, 0.15) is 10.5 Å². The zero-order valence-corrected chi connectivity index (χ0v) is 12.2. The summed E-state index contributed by atoms with van der Waals surface area (Å²) in [4.78, 5) is 14.6. The number of hydrogen-bond acceptors (Lipinski definition) is 5. The van der Waals surface area contributed by atoms with Gasteiger partial charge in [0.15, 0.2) is 5.69 Å². The van der Waals surface area contributed by atoms with E-state index in [1.54, 1.807) is 24.5 Å². The molecule has 2 heterocycles. The number of amides is 1. The molecule has 0 aromatic carbocycles. The number of nitrogens with one attached hydrogen (secondary N) is 1. The van der Waals surface area contributed by atoms with Crippen molar-refractivity contribution in [2.45, 2.75) is 6.10 Å². The van der Waals surface area contributed by atoms with Crippen molar-refractivity contribution >= 4 is 17.2 Å². The zero-order chi connectivity index (χ0) is 14.5. The highest BCUT2D eigenvalue weighted by molar-refractivity contribution is 7.13. The van der Waals surface area contributed by atoms with Gasteiger partial charge >= 0.3 is 0 Å². The topological polar surface area (TPSA) is 78.5 Å². The number of aliphatic hydroxyl groups excluding tert-OH is 1. The summed E-state index contributed by atoms with van der Waals surface area (Å²) in [5.41, 5.74) is 1.15. The fourth-order valence-electron chi connectivity index (χ4n) is 1.83. The van der Waals surface area contributed by atoms with Gasteiger partial charge in [-0.05, 0) is 17.5 Å². The summed E-state index contributed by atoms with van der Waals surface area (Å²) in [5, 5.41) is 18.5. The van der Waals surface area contributed by atoms with Crippen molar-refractivity contribution in [3.63, 3.8) is 0 Å². The second-order valence-electron chi connectivity index (χ2n) is 4.44. The maximum absolute atomic E-state index is 12.2. The summed E-state index contributed by atoms with van der Waals surface area (Å²) in [5.74, 6) is -0.237. The fraction of sp³-hybridized carbons (Fsp3) is 0.385. The van der Waals surface area contributed by atoms with Gasteiger partial charge < -0.3 is 14.7 Å². The van der Waals surface area contributed by atoms with Crippen LogP contribution in [0.5, 0.6) is 0 Å². The third-order valence-electron chi connectivity index (χ3n) is 2.77. The molecule has 1 atom stereocenters. The molecule has 0 aliphatic carbocycles. The Morgan fingerprint density at radius 3 is 3.10 bits per heavy atom. The Labute approximate surface area is 121 Å². The first kappa shape index (κ1) is 14.7. The van der Waals surface area contributed by atoms with Crippen molar-refractivity contribution in [1.82, 2.24) is 15.1 Å². The zero-order valence-electron chi connectivity index (χ0n) is 11.4. The molecule has 2 aromatic rings. The molecule has 0 aliphatic heterocycles. The van der Waals surface area contributed by atoms with E-state index in [2.05, 4.69) is 10.2 Å². The largest absolute Gasteiger partial charge is 0.389 e. The van der Waals surface area contributed by atoms with Gasteiger partial charge in [0, 0.05) is 20.7 Å². The molecule has 0 aliphatic rings. The summed E-state index contributed by atoms with van der Waals surface area (Å²) >= 11 is 1.57. The summed E-state index contributed by atoms with van der Waals surface area (Å²) in [7, 11) is 3.13. The molecule has 108 valence electrons. The van der Waals surface area contributed by atoms with Crippen LogP contribution in [-0.4, -0.2) is 59.5 Å². The van der Waals surface area contributed by atoms with Gasteiger partial charge in [0.2, 0.25) is 0 Å². The Hall–Kier alpha value is -1.70. The third kappa shape index (κ3) is 3.44. The summed E-state index contributed by atoms with van der Waals surface area (Å²) < 4.78 is 4.83. The summed E-state index contributed by atoms with van der Waals surface area (Å²) in [6.07, 6.45) is -0.704. The van der Waals surface area contributed by atoms with Gasteiger partial charge in [0.05, 0.1) is 23.3 Å². The number of H-pyrrole nitrogens is 1. The van der Waals surface area contributed by atoms with Crippen LogP contribution in [0.3, 0.4) is 0 Å². The van der Waals surface area contributed by atoms with E-state index in [4.69, 9.17) is 4.74 Å². The van der Waals surface area contributed by atoms with Crippen molar-refractivity contribution < 1.29 is 14.6 Å². The van der Waals surface area contributed by atoms with Crippen LogP contribution >= 0.6 is 11.3 Å². The normalized spacial score (nSPS) is 12.3. The minimum absolute atomic E-state index is 0.193. The van der Waals surface area contributed by atoms with Crippen LogP contribution in [0.15, 0.2) is 23.6 Å². The highest BCUT2D eigenvalue weighted by Crippen LogP contribution is 2.23. The molecule has 1 unspecified atom stereocenters. The van der Waals surface area contributed by atoms with E-state index in [1.165, 1.54) is 12.0 Å². The Balaban J connectivity index is 2.02. The average Bonchev–Trinajstić information content (AvgIpc) is 3.08. The number of aromatic amines is 1. The average molecular weight is 295 g/mol. The second kappa shape index (κ2) is 6.65. The lowest BCUT2D eigenvalue weighted by Crippen LogP contribution is -2.36. The van der Waals surface area contributed by atoms with Crippen molar-refractivity contribution in [2.75, 3.05) is 27.3 Å². The van der Waals surface area contributed by atoms with E-state index in [0.29, 0.717) is 5.69 Å². The Morgan fingerprint density at radius 2 is 2.45 bits per heavy atom. The Kier molecular flexibility index (Phi) is 4.89. The number of carbonyl (C=O) groups is 1. The van der Waals surface area contributed by atoms with Gasteiger partial charge in [0.25, 0.3) is 5.91 Å². The van der Waals surface area contributed by atoms with Crippen LogP contribution in [0.25, 0.3) is 10.6 Å². The maximum Gasteiger partial charge on any atom is 0.274 e. The number of likely N-dealkylation sites (N-methyl/N-ethyl adjacent to an activating group) is 1. The lowest BCUT2D eigenvalue weighted by atomic mass is 10.2. The van der Waals surface area contributed by atoms with Crippen LogP contribution in [-0.2, 0) is 4.74 Å². The first-order valence-electron chi connectivity index (χ1n) is 6.13. The highest BCUT2D eigenvalue weighted by Gasteiger charge is 2.18. The molecule has 0 spiro atoms. The van der Waals surface area contributed by atoms with Gasteiger partial charge in [-0.2, -0.15) is 5.10 Å². The lowest BCUT2D eigenvalue weighted by Gasteiger charge is -2.19. The Morgan fingerprint density at radius 1 is 1.65 bits per heavy atom. The van der Waals surface area contributed by atoms with Gasteiger partial charge in [-0.15, -0.1) is 11.3 Å². The summed E-state index contributed by atoms with van der Waals surface area (Å²) in [6, 6.07) is 5.61. The molecule has 7 heteroatoms.